The van der Waals surface area contributed by atoms with Crippen LogP contribution in [0.2, 0.25) is 0 Å². The minimum Gasteiger partial charge on any atom is -0.542 e. The summed E-state index contributed by atoms with van der Waals surface area (Å²) < 4.78 is 4.28. The zero-order valence-electron chi connectivity index (χ0n) is 6.88. The van der Waals surface area contributed by atoms with Crippen LogP contribution >= 0.6 is 0 Å². The van der Waals surface area contributed by atoms with Gasteiger partial charge in [-0.2, -0.15) is 0 Å². The van der Waals surface area contributed by atoms with Crippen molar-refractivity contribution in [2.24, 2.45) is 0 Å². The monoisotopic (exact) mass is 198 g/mol. The zero-order chi connectivity index (χ0) is 9.30. The molecule has 0 fully saturated rings. The topological polar surface area (TPSA) is 110 Å². The van der Waals surface area contributed by atoms with Gasteiger partial charge in [0.25, 0.3) is 0 Å². The standard InChI is InChI=1S/C6H8O6.Na/c7-2-1-3(5(9)10)12-6(11)4(2)8;/h1-2,4,6-8,11H,(H,9,10);/q;+1/p-1/t2-,4?,6-;/m1./s1. The van der Waals surface area contributed by atoms with Crippen molar-refractivity contribution in [2.75, 3.05) is 0 Å². The summed E-state index contributed by atoms with van der Waals surface area (Å²) in [4.78, 5) is 10.1. The second kappa shape index (κ2) is 4.94. The van der Waals surface area contributed by atoms with Crippen molar-refractivity contribution in [3.8, 4) is 0 Å². The van der Waals surface area contributed by atoms with E-state index in [0.29, 0.717) is 0 Å². The molecule has 13 heavy (non-hydrogen) atoms. The number of aliphatic hydroxyl groups excluding tert-OH is 3. The van der Waals surface area contributed by atoms with Crippen LogP contribution in [0.4, 0.5) is 0 Å². The third-order valence-corrected chi connectivity index (χ3v) is 1.41. The van der Waals surface area contributed by atoms with E-state index >= 15 is 0 Å². The van der Waals surface area contributed by atoms with E-state index in [2.05, 4.69) is 4.74 Å². The van der Waals surface area contributed by atoms with E-state index in [0.717, 1.165) is 6.08 Å². The molecule has 6 nitrogen and oxygen atoms in total. The molecule has 0 spiro atoms. The molecule has 3 atom stereocenters. The van der Waals surface area contributed by atoms with Gasteiger partial charge in [0.05, 0.1) is 0 Å². The summed E-state index contributed by atoms with van der Waals surface area (Å²) in [6.45, 7) is 0. The fourth-order valence-corrected chi connectivity index (χ4v) is 0.778. The molecule has 0 saturated carbocycles. The number of aliphatic carboxylic acids is 1. The van der Waals surface area contributed by atoms with Crippen molar-refractivity contribution in [3.05, 3.63) is 11.8 Å². The molecule has 1 heterocycles. The van der Waals surface area contributed by atoms with E-state index in [1.807, 2.05) is 0 Å². The molecule has 0 aliphatic carbocycles. The number of carboxylic acid groups (broad SMARTS) is 1. The van der Waals surface area contributed by atoms with Gasteiger partial charge in [-0.1, -0.05) is 0 Å². The van der Waals surface area contributed by atoms with Gasteiger partial charge in [0.15, 0.2) is 0 Å². The van der Waals surface area contributed by atoms with Crippen molar-refractivity contribution < 1.29 is 59.5 Å². The van der Waals surface area contributed by atoms with Gasteiger partial charge in [0.1, 0.15) is 23.9 Å². The number of hydrogen-bond donors (Lipinski definition) is 3. The Hall–Kier alpha value is -0.110. The first-order chi connectivity index (χ1) is 5.52. The Bertz CT molecular complexity index is 227. The Morgan fingerprint density at radius 1 is 1.46 bits per heavy atom. The summed E-state index contributed by atoms with van der Waals surface area (Å²) in [5.41, 5.74) is 0. The molecule has 0 aromatic carbocycles. The maximum atomic E-state index is 10.1. The van der Waals surface area contributed by atoms with Crippen LogP contribution in [0.3, 0.4) is 0 Å². The van der Waals surface area contributed by atoms with Gasteiger partial charge in [0.2, 0.25) is 6.29 Å². The Kier molecular flexibility index (Phi) is 4.90. The molecule has 1 unspecified atom stereocenters. The summed E-state index contributed by atoms with van der Waals surface area (Å²) in [7, 11) is 0. The minimum absolute atomic E-state index is 0. The average Bonchev–Trinajstić information content (AvgIpc) is 1.99. The molecule has 0 amide bonds. The van der Waals surface area contributed by atoms with Crippen LogP contribution in [0.1, 0.15) is 0 Å². The number of ether oxygens (including phenoxy) is 1. The third-order valence-electron chi connectivity index (χ3n) is 1.41. The summed E-state index contributed by atoms with van der Waals surface area (Å²) in [5, 5.41) is 36.7. The molecule has 1 aliphatic rings. The van der Waals surface area contributed by atoms with Crippen molar-refractivity contribution in [3.63, 3.8) is 0 Å². The molecule has 68 valence electrons. The van der Waals surface area contributed by atoms with Gasteiger partial charge in [0, 0.05) is 0 Å². The minimum atomic E-state index is -1.74. The molecule has 0 aromatic rings. The van der Waals surface area contributed by atoms with Gasteiger partial charge >= 0.3 is 29.6 Å². The van der Waals surface area contributed by atoms with Gasteiger partial charge in [-0.15, -0.1) is 0 Å². The van der Waals surface area contributed by atoms with Crippen molar-refractivity contribution in [2.45, 2.75) is 18.5 Å². The van der Waals surface area contributed by atoms with E-state index in [-0.39, 0.29) is 29.6 Å². The smallest absolute Gasteiger partial charge is 0.542 e. The Morgan fingerprint density at radius 2 is 2.00 bits per heavy atom. The van der Waals surface area contributed by atoms with Crippen molar-refractivity contribution in [1.29, 1.82) is 0 Å². The molecule has 0 bridgehead atoms. The predicted octanol–water partition coefficient (Wildman–Crippen LogP) is -6.31. The van der Waals surface area contributed by atoms with Gasteiger partial charge < -0.3 is 30.0 Å². The fraction of sp³-hybridized carbons (Fsp3) is 0.500. The number of carboxylic acids is 1. The van der Waals surface area contributed by atoms with Gasteiger partial charge in [-0.3, -0.25) is 0 Å². The first-order valence-electron chi connectivity index (χ1n) is 3.16. The molecular formula is C6H7NaO6. The first kappa shape index (κ1) is 12.9. The number of hydrogen-bond acceptors (Lipinski definition) is 6. The Labute approximate surface area is 95.7 Å². The number of rotatable bonds is 1. The van der Waals surface area contributed by atoms with Crippen LogP contribution in [0.5, 0.6) is 0 Å². The second-order valence-corrected chi connectivity index (χ2v) is 2.31. The van der Waals surface area contributed by atoms with E-state index < -0.39 is 30.2 Å². The quantitative estimate of drug-likeness (QED) is 0.361. The van der Waals surface area contributed by atoms with E-state index in [1.54, 1.807) is 0 Å². The van der Waals surface area contributed by atoms with Crippen molar-refractivity contribution in [1.82, 2.24) is 0 Å². The number of carbonyl (C=O) groups excluding carboxylic acids is 1. The second-order valence-electron chi connectivity index (χ2n) is 2.31. The summed E-state index contributed by atoms with van der Waals surface area (Å²) in [6.07, 6.45) is -3.97. The van der Waals surface area contributed by atoms with E-state index in [4.69, 9.17) is 15.3 Å². The largest absolute Gasteiger partial charge is 1.00 e. The molecule has 1 aliphatic heterocycles. The third kappa shape index (κ3) is 2.94. The molecule has 0 radical (unpaired) electrons. The summed E-state index contributed by atoms with van der Waals surface area (Å²) in [6, 6.07) is 0. The van der Waals surface area contributed by atoms with Crippen LogP contribution in [0.15, 0.2) is 11.8 Å². The molecule has 0 saturated heterocycles. The maximum Gasteiger partial charge on any atom is 1.00 e. The van der Waals surface area contributed by atoms with Crippen LogP contribution in [0.25, 0.3) is 0 Å². The fourth-order valence-electron chi connectivity index (χ4n) is 0.778. The van der Waals surface area contributed by atoms with Crippen LogP contribution < -0.4 is 34.7 Å². The van der Waals surface area contributed by atoms with Crippen molar-refractivity contribution >= 4 is 5.97 Å². The first-order valence-corrected chi connectivity index (χ1v) is 3.16. The molecule has 1 rings (SSSR count). The maximum absolute atomic E-state index is 10.1. The van der Waals surface area contributed by atoms with Gasteiger partial charge in [-0.05, 0) is 6.08 Å². The molecular weight excluding hydrogens is 191 g/mol. The summed E-state index contributed by atoms with van der Waals surface area (Å²) >= 11 is 0. The molecule has 3 N–H and O–H groups in total. The Morgan fingerprint density at radius 3 is 2.38 bits per heavy atom. The van der Waals surface area contributed by atoms with Crippen LogP contribution in [0, 0.1) is 0 Å². The van der Waals surface area contributed by atoms with Crippen LogP contribution in [-0.2, 0) is 9.53 Å². The predicted molar refractivity (Wildman–Crippen MR) is 32.2 cm³/mol. The van der Waals surface area contributed by atoms with E-state index in [1.165, 1.54) is 0 Å². The summed E-state index contributed by atoms with van der Waals surface area (Å²) in [5.74, 6) is -2.33. The number of carbonyl (C=O) groups is 1. The zero-order valence-corrected chi connectivity index (χ0v) is 8.88. The van der Waals surface area contributed by atoms with Gasteiger partial charge in [-0.25, -0.2) is 0 Å². The molecule has 0 aromatic heterocycles. The normalized spacial score (nSPS) is 32.5. The average molecular weight is 198 g/mol. The Balaban J connectivity index is 0.00000144. The van der Waals surface area contributed by atoms with Crippen LogP contribution in [-0.4, -0.2) is 39.8 Å². The molecule has 7 heteroatoms. The number of aliphatic hydroxyl groups is 3. The van der Waals surface area contributed by atoms with E-state index in [9.17, 15) is 9.90 Å². The SMILES string of the molecule is O=C([O-])C1=C[C@@H](O)C(O)[C@H](O)O1.[Na+].